The number of likely N-dealkylation sites (N-methyl/N-ethyl adjacent to an activating group) is 1. The Morgan fingerprint density at radius 3 is 2.60 bits per heavy atom. The van der Waals surface area contributed by atoms with Crippen molar-refractivity contribution in [2.24, 2.45) is 5.92 Å². The van der Waals surface area contributed by atoms with Crippen LogP contribution in [0.15, 0.2) is 18.2 Å². The molecule has 0 spiro atoms. The fraction of sp³-hybridized carbons (Fsp3) is 0.429. The van der Waals surface area contributed by atoms with Crippen LogP contribution in [-0.4, -0.2) is 43.8 Å². The predicted molar refractivity (Wildman–Crippen MR) is 71.4 cm³/mol. The molecular formula is C14H18F2N2O2. The first-order chi connectivity index (χ1) is 9.35. The van der Waals surface area contributed by atoms with Gasteiger partial charge in [0.1, 0.15) is 11.6 Å². The van der Waals surface area contributed by atoms with Crippen LogP contribution < -0.4 is 5.32 Å². The first-order valence-corrected chi connectivity index (χ1v) is 6.23. The van der Waals surface area contributed by atoms with E-state index in [0.717, 1.165) is 18.2 Å². The highest BCUT2D eigenvalue weighted by Gasteiger charge is 2.18. The lowest BCUT2D eigenvalue weighted by Crippen LogP contribution is -2.36. The molecule has 4 nitrogen and oxygen atoms in total. The number of benzene rings is 1. The first-order valence-electron chi connectivity index (χ1n) is 6.23. The summed E-state index contributed by atoms with van der Waals surface area (Å²) in [7, 11) is 3.18. The minimum atomic E-state index is -0.746. The molecule has 6 heteroatoms. The maximum Gasteiger partial charge on any atom is 0.223 e. The highest BCUT2D eigenvalue weighted by atomic mass is 19.1. The van der Waals surface area contributed by atoms with E-state index < -0.39 is 17.4 Å². The van der Waals surface area contributed by atoms with Gasteiger partial charge in [-0.1, -0.05) is 6.92 Å². The third-order valence-corrected chi connectivity index (χ3v) is 2.92. The molecule has 0 fully saturated rings. The number of carbonyl (C=O) groups is 2. The van der Waals surface area contributed by atoms with E-state index in [4.69, 9.17) is 0 Å². The van der Waals surface area contributed by atoms with Gasteiger partial charge in [0.05, 0.1) is 12.1 Å². The van der Waals surface area contributed by atoms with Crippen molar-refractivity contribution < 1.29 is 18.4 Å². The molecule has 1 rings (SSSR count). The lowest BCUT2D eigenvalue weighted by atomic mass is 10.1. The standard InChI is InChI=1S/C14H18F2N2O2/c1-9(14(20)17-2)7-18(3)8-13(19)11-6-10(15)4-5-12(11)16/h4-6,9H,7-8H2,1-3H3,(H,17,20). The SMILES string of the molecule is CNC(=O)C(C)CN(C)CC(=O)c1cc(F)ccc1F. The van der Waals surface area contributed by atoms with Gasteiger partial charge in [0, 0.05) is 19.5 Å². The Balaban J connectivity index is 2.66. The van der Waals surface area contributed by atoms with Gasteiger partial charge in [-0.3, -0.25) is 14.5 Å². The van der Waals surface area contributed by atoms with Gasteiger partial charge >= 0.3 is 0 Å². The van der Waals surface area contributed by atoms with Crippen LogP contribution in [0, 0.1) is 17.6 Å². The fourth-order valence-electron chi connectivity index (χ4n) is 1.90. The molecule has 0 aromatic heterocycles. The van der Waals surface area contributed by atoms with Crippen molar-refractivity contribution in [2.45, 2.75) is 6.92 Å². The highest BCUT2D eigenvalue weighted by molar-refractivity contribution is 5.97. The summed E-state index contributed by atoms with van der Waals surface area (Å²) in [4.78, 5) is 24.9. The van der Waals surface area contributed by atoms with Crippen molar-refractivity contribution in [3.05, 3.63) is 35.4 Å². The molecule has 1 unspecified atom stereocenters. The second-order valence-electron chi connectivity index (χ2n) is 4.76. The number of halogens is 2. The van der Waals surface area contributed by atoms with Crippen molar-refractivity contribution in [2.75, 3.05) is 27.2 Å². The van der Waals surface area contributed by atoms with E-state index in [1.807, 2.05) is 0 Å². The molecule has 1 N–H and O–H groups in total. The zero-order chi connectivity index (χ0) is 15.3. The van der Waals surface area contributed by atoms with E-state index >= 15 is 0 Å². The maximum absolute atomic E-state index is 13.4. The van der Waals surface area contributed by atoms with Crippen molar-refractivity contribution in [1.29, 1.82) is 0 Å². The van der Waals surface area contributed by atoms with Crippen molar-refractivity contribution >= 4 is 11.7 Å². The number of ketones is 1. The topological polar surface area (TPSA) is 49.4 Å². The summed E-state index contributed by atoms with van der Waals surface area (Å²) in [6, 6.07) is 2.77. The third kappa shape index (κ3) is 4.38. The van der Waals surface area contributed by atoms with Crippen molar-refractivity contribution in [3.63, 3.8) is 0 Å². The van der Waals surface area contributed by atoms with Crippen LogP contribution in [0.5, 0.6) is 0 Å². The van der Waals surface area contributed by atoms with Crippen LogP contribution in [0.3, 0.4) is 0 Å². The van der Waals surface area contributed by atoms with Crippen molar-refractivity contribution in [1.82, 2.24) is 10.2 Å². The van der Waals surface area contributed by atoms with E-state index in [2.05, 4.69) is 5.32 Å². The highest BCUT2D eigenvalue weighted by Crippen LogP contribution is 2.11. The van der Waals surface area contributed by atoms with Crippen LogP contribution in [0.2, 0.25) is 0 Å². The molecule has 0 heterocycles. The number of hydrogen-bond donors (Lipinski definition) is 1. The zero-order valence-corrected chi connectivity index (χ0v) is 11.7. The lowest BCUT2D eigenvalue weighted by Gasteiger charge is -2.19. The molecule has 1 aromatic carbocycles. The summed E-state index contributed by atoms with van der Waals surface area (Å²) in [5.74, 6) is -2.36. The lowest BCUT2D eigenvalue weighted by molar-refractivity contribution is -0.124. The van der Waals surface area contributed by atoms with E-state index in [1.54, 1.807) is 18.9 Å². The average molecular weight is 284 g/mol. The summed E-state index contributed by atoms with van der Waals surface area (Å²) < 4.78 is 26.5. The molecule has 0 radical (unpaired) electrons. The van der Waals surface area contributed by atoms with Gasteiger partial charge in [-0.2, -0.15) is 0 Å². The molecule has 110 valence electrons. The van der Waals surface area contributed by atoms with Gasteiger partial charge in [0.25, 0.3) is 0 Å². The predicted octanol–water partition coefficient (Wildman–Crippen LogP) is 1.46. The third-order valence-electron chi connectivity index (χ3n) is 2.92. The number of Topliss-reactive ketones (excluding diaryl/α,β-unsaturated/α-hetero) is 1. The fourth-order valence-corrected chi connectivity index (χ4v) is 1.90. The number of amides is 1. The minimum absolute atomic E-state index is 0.0816. The molecule has 0 aliphatic carbocycles. The molecule has 0 aliphatic heterocycles. The second-order valence-corrected chi connectivity index (χ2v) is 4.76. The molecule has 0 saturated heterocycles. The van der Waals surface area contributed by atoms with Gasteiger partial charge in [0.15, 0.2) is 5.78 Å². The Morgan fingerprint density at radius 2 is 2.00 bits per heavy atom. The van der Waals surface area contributed by atoms with E-state index in [1.165, 1.54) is 7.05 Å². The molecule has 1 atom stereocenters. The van der Waals surface area contributed by atoms with Gasteiger partial charge in [0.2, 0.25) is 5.91 Å². The Hall–Kier alpha value is -1.82. The Morgan fingerprint density at radius 1 is 1.35 bits per heavy atom. The Bertz CT molecular complexity index is 506. The van der Waals surface area contributed by atoms with E-state index in [9.17, 15) is 18.4 Å². The van der Waals surface area contributed by atoms with Gasteiger partial charge in [-0.25, -0.2) is 8.78 Å². The normalized spacial score (nSPS) is 12.3. The summed E-state index contributed by atoms with van der Waals surface area (Å²) >= 11 is 0. The van der Waals surface area contributed by atoms with Gasteiger partial charge in [-0.15, -0.1) is 0 Å². The zero-order valence-electron chi connectivity index (χ0n) is 11.7. The summed E-state index contributed by atoms with van der Waals surface area (Å²) in [6.45, 7) is 1.99. The van der Waals surface area contributed by atoms with Crippen molar-refractivity contribution in [3.8, 4) is 0 Å². The smallest absolute Gasteiger partial charge is 0.223 e. The number of nitrogens with zero attached hydrogens (tertiary/aromatic N) is 1. The molecule has 1 amide bonds. The second kappa shape index (κ2) is 7.09. The Labute approximate surface area is 116 Å². The molecule has 20 heavy (non-hydrogen) atoms. The number of hydrogen-bond acceptors (Lipinski definition) is 3. The average Bonchev–Trinajstić information content (AvgIpc) is 2.40. The maximum atomic E-state index is 13.4. The number of nitrogens with one attached hydrogen (secondary N) is 1. The summed E-state index contributed by atoms with van der Waals surface area (Å²) in [6.07, 6.45) is 0. The number of rotatable bonds is 6. The molecular weight excluding hydrogens is 266 g/mol. The summed E-state index contributed by atoms with van der Waals surface area (Å²) in [5.41, 5.74) is -0.274. The molecule has 1 aromatic rings. The number of carbonyl (C=O) groups excluding carboxylic acids is 2. The van der Waals surface area contributed by atoms with Crippen LogP contribution in [0.25, 0.3) is 0 Å². The summed E-state index contributed by atoms with van der Waals surface area (Å²) in [5, 5.41) is 2.51. The van der Waals surface area contributed by atoms with Crippen LogP contribution >= 0.6 is 0 Å². The van der Waals surface area contributed by atoms with Crippen LogP contribution in [0.4, 0.5) is 8.78 Å². The quantitative estimate of drug-likeness (QED) is 0.805. The van der Waals surface area contributed by atoms with Crippen LogP contribution in [0.1, 0.15) is 17.3 Å². The minimum Gasteiger partial charge on any atom is -0.359 e. The monoisotopic (exact) mass is 284 g/mol. The van der Waals surface area contributed by atoms with Gasteiger partial charge < -0.3 is 5.32 Å². The first kappa shape index (κ1) is 16.2. The molecule has 0 aliphatic rings. The molecule has 0 bridgehead atoms. The largest absolute Gasteiger partial charge is 0.359 e. The van der Waals surface area contributed by atoms with Gasteiger partial charge in [-0.05, 0) is 25.2 Å². The van der Waals surface area contributed by atoms with E-state index in [-0.39, 0.29) is 23.9 Å². The molecule has 0 saturated carbocycles. The Kier molecular flexibility index (Phi) is 5.76. The van der Waals surface area contributed by atoms with Crippen LogP contribution in [-0.2, 0) is 4.79 Å². The van der Waals surface area contributed by atoms with E-state index in [0.29, 0.717) is 6.54 Å².